The fourth-order valence-electron chi connectivity index (χ4n) is 2.11. The minimum atomic E-state index is -3.35. The standard InChI is InChI=1S/C13H19NO4S2/c1-2-19(15,16)13-10-14(11-13)20(17,18)9-8-12-6-4-3-5-7-12/h3-7,13H,2,8-11H2,1H3. The Balaban J connectivity index is 1.91. The highest BCUT2D eigenvalue weighted by atomic mass is 32.2. The molecule has 2 rings (SSSR count). The van der Waals surface area contributed by atoms with Crippen LogP contribution in [-0.2, 0) is 26.3 Å². The van der Waals surface area contributed by atoms with Crippen LogP contribution in [0.5, 0.6) is 0 Å². The third-order valence-electron chi connectivity index (χ3n) is 3.61. The maximum Gasteiger partial charge on any atom is 0.214 e. The summed E-state index contributed by atoms with van der Waals surface area (Å²) in [7, 11) is -6.48. The molecule has 0 radical (unpaired) electrons. The van der Waals surface area contributed by atoms with E-state index in [-0.39, 0.29) is 24.6 Å². The summed E-state index contributed by atoms with van der Waals surface area (Å²) in [5, 5.41) is -0.529. The van der Waals surface area contributed by atoms with Crippen molar-refractivity contribution < 1.29 is 16.8 Å². The van der Waals surface area contributed by atoms with E-state index in [9.17, 15) is 16.8 Å². The van der Waals surface area contributed by atoms with E-state index in [2.05, 4.69) is 0 Å². The van der Waals surface area contributed by atoms with Crippen molar-refractivity contribution >= 4 is 19.9 Å². The number of hydrogen-bond donors (Lipinski definition) is 0. The molecule has 1 aliphatic heterocycles. The van der Waals surface area contributed by atoms with Crippen molar-refractivity contribution in [2.24, 2.45) is 0 Å². The Hall–Kier alpha value is -0.920. The zero-order valence-corrected chi connectivity index (χ0v) is 13.0. The van der Waals surface area contributed by atoms with Gasteiger partial charge in [0.05, 0.1) is 11.0 Å². The van der Waals surface area contributed by atoms with E-state index in [4.69, 9.17) is 0 Å². The van der Waals surface area contributed by atoms with Crippen molar-refractivity contribution in [3.63, 3.8) is 0 Å². The Labute approximate surface area is 120 Å². The van der Waals surface area contributed by atoms with Crippen LogP contribution in [0.15, 0.2) is 30.3 Å². The first-order chi connectivity index (χ1) is 9.35. The van der Waals surface area contributed by atoms with Crippen LogP contribution in [0.4, 0.5) is 0 Å². The smallest absolute Gasteiger partial charge is 0.214 e. The molecular formula is C13H19NO4S2. The first-order valence-electron chi connectivity index (χ1n) is 6.58. The summed E-state index contributed by atoms with van der Waals surface area (Å²) in [5.74, 6) is 0.0888. The van der Waals surface area contributed by atoms with Gasteiger partial charge >= 0.3 is 0 Å². The van der Waals surface area contributed by atoms with Crippen molar-refractivity contribution in [3.05, 3.63) is 35.9 Å². The van der Waals surface area contributed by atoms with E-state index in [0.29, 0.717) is 6.42 Å². The molecule has 1 saturated heterocycles. The number of rotatable bonds is 6. The molecule has 1 aromatic carbocycles. The van der Waals surface area contributed by atoms with Gasteiger partial charge in [-0.25, -0.2) is 16.8 Å². The third-order valence-corrected chi connectivity index (χ3v) is 7.53. The maximum atomic E-state index is 12.1. The monoisotopic (exact) mass is 317 g/mol. The van der Waals surface area contributed by atoms with Gasteiger partial charge in [0, 0.05) is 18.8 Å². The van der Waals surface area contributed by atoms with Gasteiger partial charge in [-0.2, -0.15) is 4.31 Å². The molecule has 7 heteroatoms. The molecule has 0 atom stereocenters. The summed E-state index contributed by atoms with van der Waals surface area (Å²) in [6.45, 7) is 1.79. The molecule has 0 saturated carbocycles. The molecule has 112 valence electrons. The number of aryl methyl sites for hydroxylation is 1. The van der Waals surface area contributed by atoms with Gasteiger partial charge in [-0.1, -0.05) is 37.3 Å². The second-order valence-corrected chi connectivity index (χ2v) is 9.60. The molecule has 1 heterocycles. The molecule has 20 heavy (non-hydrogen) atoms. The average molecular weight is 317 g/mol. The van der Waals surface area contributed by atoms with Crippen molar-refractivity contribution in [2.75, 3.05) is 24.6 Å². The van der Waals surface area contributed by atoms with Crippen LogP contribution in [0.1, 0.15) is 12.5 Å². The molecule has 0 aliphatic carbocycles. The minimum Gasteiger partial charge on any atom is -0.228 e. The minimum absolute atomic E-state index is 0.0237. The van der Waals surface area contributed by atoms with Crippen LogP contribution in [0.2, 0.25) is 0 Å². The van der Waals surface area contributed by atoms with Crippen molar-refractivity contribution in [1.29, 1.82) is 0 Å². The largest absolute Gasteiger partial charge is 0.228 e. The maximum absolute atomic E-state index is 12.1. The van der Waals surface area contributed by atoms with Gasteiger partial charge in [0.25, 0.3) is 0 Å². The molecule has 0 unspecified atom stereocenters. The number of benzene rings is 1. The first kappa shape index (κ1) is 15.5. The number of sulfonamides is 1. The second kappa shape index (κ2) is 5.83. The van der Waals surface area contributed by atoms with Crippen molar-refractivity contribution in [1.82, 2.24) is 4.31 Å². The van der Waals surface area contributed by atoms with Crippen LogP contribution < -0.4 is 0 Å². The summed E-state index contributed by atoms with van der Waals surface area (Å²) in [4.78, 5) is 0. The van der Waals surface area contributed by atoms with Gasteiger partial charge in [0.1, 0.15) is 0 Å². The number of hydrogen-bond acceptors (Lipinski definition) is 4. The van der Waals surface area contributed by atoms with Crippen molar-refractivity contribution in [3.8, 4) is 0 Å². The van der Waals surface area contributed by atoms with Crippen LogP contribution in [0, 0.1) is 0 Å². The lowest BCUT2D eigenvalue weighted by atomic mass is 10.2. The normalized spacial score (nSPS) is 17.9. The second-order valence-electron chi connectivity index (χ2n) is 4.94. The van der Waals surface area contributed by atoms with Crippen LogP contribution in [0.3, 0.4) is 0 Å². The SMILES string of the molecule is CCS(=O)(=O)C1CN(S(=O)(=O)CCc2ccccc2)C1. The van der Waals surface area contributed by atoms with Crippen LogP contribution in [-0.4, -0.2) is 51.0 Å². The molecule has 5 nitrogen and oxygen atoms in total. The summed E-state index contributed by atoms with van der Waals surface area (Å²) < 4.78 is 48.7. The molecule has 0 bridgehead atoms. The highest BCUT2D eigenvalue weighted by molar-refractivity contribution is 7.92. The van der Waals surface area contributed by atoms with E-state index in [0.717, 1.165) is 5.56 Å². The van der Waals surface area contributed by atoms with Gasteiger partial charge < -0.3 is 0 Å². The van der Waals surface area contributed by atoms with Crippen molar-refractivity contribution in [2.45, 2.75) is 18.6 Å². The zero-order valence-electron chi connectivity index (χ0n) is 11.4. The summed E-state index contributed by atoms with van der Waals surface area (Å²) in [6, 6.07) is 9.39. The molecule has 0 N–H and O–H groups in total. The van der Waals surface area contributed by atoms with E-state index < -0.39 is 25.1 Å². The fourth-order valence-corrected chi connectivity index (χ4v) is 5.15. The van der Waals surface area contributed by atoms with Crippen LogP contribution in [0.25, 0.3) is 0 Å². The van der Waals surface area contributed by atoms with Gasteiger partial charge in [0.15, 0.2) is 9.84 Å². The Morgan fingerprint density at radius 2 is 1.70 bits per heavy atom. The van der Waals surface area contributed by atoms with Gasteiger partial charge in [-0.05, 0) is 12.0 Å². The Morgan fingerprint density at radius 1 is 1.10 bits per heavy atom. The van der Waals surface area contributed by atoms with E-state index in [1.807, 2.05) is 30.3 Å². The molecule has 1 aromatic rings. The average Bonchev–Trinajstić information content (AvgIpc) is 2.35. The fraction of sp³-hybridized carbons (Fsp3) is 0.538. The predicted molar refractivity (Wildman–Crippen MR) is 78.8 cm³/mol. The predicted octanol–water partition coefficient (Wildman–Crippen LogP) is 0.678. The highest BCUT2D eigenvalue weighted by Crippen LogP contribution is 2.21. The summed E-state index contributed by atoms with van der Waals surface area (Å²) in [5.41, 5.74) is 0.967. The number of nitrogens with zero attached hydrogens (tertiary/aromatic N) is 1. The van der Waals surface area contributed by atoms with E-state index in [1.165, 1.54) is 4.31 Å². The molecule has 0 aromatic heterocycles. The lowest BCUT2D eigenvalue weighted by Gasteiger charge is -2.37. The van der Waals surface area contributed by atoms with Gasteiger partial charge in [-0.3, -0.25) is 0 Å². The summed E-state index contributed by atoms with van der Waals surface area (Å²) in [6.07, 6.45) is 0.449. The Bertz CT molecular complexity index is 647. The molecule has 1 fully saturated rings. The highest BCUT2D eigenvalue weighted by Gasteiger charge is 2.41. The molecule has 0 amide bonds. The quantitative estimate of drug-likeness (QED) is 0.773. The zero-order chi connectivity index (χ0) is 14.8. The summed E-state index contributed by atoms with van der Waals surface area (Å²) >= 11 is 0. The van der Waals surface area contributed by atoms with Crippen LogP contribution >= 0.6 is 0 Å². The Kier molecular flexibility index (Phi) is 4.51. The number of sulfone groups is 1. The lowest BCUT2D eigenvalue weighted by Crippen LogP contribution is -2.57. The topological polar surface area (TPSA) is 71.5 Å². The van der Waals surface area contributed by atoms with E-state index >= 15 is 0 Å². The first-order valence-corrected chi connectivity index (χ1v) is 9.91. The molecule has 1 aliphatic rings. The lowest BCUT2D eigenvalue weighted by molar-refractivity contribution is 0.310. The van der Waals surface area contributed by atoms with Gasteiger partial charge in [-0.15, -0.1) is 0 Å². The molecule has 0 spiro atoms. The Morgan fingerprint density at radius 3 is 2.25 bits per heavy atom. The molecular weight excluding hydrogens is 298 g/mol. The van der Waals surface area contributed by atoms with E-state index in [1.54, 1.807) is 6.92 Å². The third kappa shape index (κ3) is 3.39. The van der Waals surface area contributed by atoms with Gasteiger partial charge in [0.2, 0.25) is 10.0 Å².